The van der Waals surface area contributed by atoms with Crippen LogP contribution in [0.25, 0.3) is 0 Å². The summed E-state index contributed by atoms with van der Waals surface area (Å²) in [7, 11) is 0. The van der Waals surface area contributed by atoms with E-state index >= 15 is 0 Å². The lowest BCUT2D eigenvalue weighted by atomic mass is 9.99. The van der Waals surface area contributed by atoms with Crippen LogP contribution in [-0.4, -0.2) is 40.1 Å². The third-order valence-electron chi connectivity index (χ3n) is 2.96. The maximum atomic E-state index is 11.9. The Morgan fingerprint density at radius 2 is 2.44 bits per heavy atom. The normalized spacial score (nSPS) is 19.6. The molecule has 2 heterocycles. The maximum Gasteiger partial charge on any atom is 0.317 e. The molecule has 1 unspecified atom stereocenters. The highest BCUT2D eigenvalue weighted by Gasteiger charge is 2.27. The molecular weight excluding hydrogens is 254 g/mol. The quantitative estimate of drug-likeness (QED) is 0.862. The van der Waals surface area contributed by atoms with Crippen LogP contribution in [0.4, 0.5) is 4.79 Å². The second kappa shape index (κ2) is 5.81. The van der Waals surface area contributed by atoms with Crippen molar-refractivity contribution in [3.63, 3.8) is 0 Å². The van der Waals surface area contributed by atoms with Crippen LogP contribution in [0.1, 0.15) is 17.7 Å². The Morgan fingerprint density at radius 1 is 1.61 bits per heavy atom. The van der Waals surface area contributed by atoms with Gasteiger partial charge in [-0.25, -0.2) is 4.79 Å². The molecule has 2 N–H and O–H groups in total. The molecule has 1 aromatic rings. The summed E-state index contributed by atoms with van der Waals surface area (Å²) >= 11 is 1.48. The van der Waals surface area contributed by atoms with E-state index in [2.05, 4.69) is 10.3 Å². The van der Waals surface area contributed by atoms with Crippen LogP contribution in [-0.2, 0) is 11.3 Å². The van der Waals surface area contributed by atoms with Crippen LogP contribution in [0.15, 0.2) is 11.7 Å². The number of amides is 2. The number of rotatable bonds is 3. The number of piperidine rings is 1. The number of nitrogens with zero attached hydrogens (tertiary/aromatic N) is 2. The molecule has 6 nitrogen and oxygen atoms in total. The average molecular weight is 269 g/mol. The molecule has 1 aromatic heterocycles. The van der Waals surface area contributed by atoms with Gasteiger partial charge in [-0.2, -0.15) is 0 Å². The number of carbonyl (C=O) groups excluding carboxylic acids is 1. The monoisotopic (exact) mass is 269 g/mol. The van der Waals surface area contributed by atoms with Crippen LogP contribution < -0.4 is 5.32 Å². The number of aromatic nitrogens is 1. The van der Waals surface area contributed by atoms with Gasteiger partial charge in [-0.05, 0) is 12.8 Å². The molecule has 1 fully saturated rings. The molecule has 0 aliphatic carbocycles. The largest absolute Gasteiger partial charge is 0.481 e. The first-order valence-corrected chi connectivity index (χ1v) is 6.67. The van der Waals surface area contributed by atoms with E-state index in [1.165, 1.54) is 11.3 Å². The van der Waals surface area contributed by atoms with Gasteiger partial charge in [-0.3, -0.25) is 9.78 Å². The van der Waals surface area contributed by atoms with Crippen molar-refractivity contribution < 1.29 is 14.7 Å². The molecule has 1 aliphatic rings. The number of carboxylic acid groups (broad SMARTS) is 1. The fraction of sp³-hybridized carbons (Fsp3) is 0.545. The van der Waals surface area contributed by atoms with Gasteiger partial charge in [-0.1, -0.05) is 0 Å². The molecular formula is C11H15N3O3S. The van der Waals surface area contributed by atoms with E-state index in [0.29, 0.717) is 26.1 Å². The Labute approximate surface area is 109 Å². The highest BCUT2D eigenvalue weighted by atomic mass is 32.1. The van der Waals surface area contributed by atoms with E-state index < -0.39 is 11.9 Å². The van der Waals surface area contributed by atoms with Crippen molar-refractivity contribution in [2.75, 3.05) is 13.1 Å². The van der Waals surface area contributed by atoms with Gasteiger partial charge < -0.3 is 15.3 Å². The van der Waals surface area contributed by atoms with Gasteiger partial charge in [0.15, 0.2) is 0 Å². The summed E-state index contributed by atoms with van der Waals surface area (Å²) in [4.78, 5) is 29.2. The molecule has 0 bridgehead atoms. The molecule has 2 amide bonds. The second-order valence-electron chi connectivity index (χ2n) is 4.25. The van der Waals surface area contributed by atoms with Crippen LogP contribution in [0.3, 0.4) is 0 Å². The Morgan fingerprint density at radius 3 is 3.11 bits per heavy atom. The standard InChI is InChI=1S/C11H15N3O3S/c15-10(16)8-2-1-3-14(6-8)11(17)13-5-9-4-12-7-18-9/h4,7-8H,1-3,5-6H2,(H,13,17)(H,15,16). The Bertz CT molecular complexity index is 421. The molecule has 18 heavy (non-hydrogen) atoms. The van der Waals surface area contributed by atoms with Crippen LogP contribution in [0.5, 0.6) is 0 Å². The van der Waals surface area contributed by atoms with Gasteiger partial charge in [-0.15, -0.1) is 11.3 Å². The van der Waals surface area contributed by atoms with Crippen molar-refractivity contribution in [3.8, 4) is 0 Å². The SMILES string of the molecule is O=C(O)C1CCCN(C(=O)NCc2cncs2)C1. The van der Waals surface area contributed by atoms with Crippen molar-refractivity contribution in [3.05, 3.63) is 16.6 Å². The second-order valence-corrected chi connectivity index (χ2v) is 5.22. The number of hydrogen-bond donors (Lipinski definition) is 2. The average Bonchev–Trinajstić information content (AvgIpc) is 2.89. The lowest BCUT2D eigenvalue weighted by Gasteiger charge is -2.30. The van der Waals surface area contributed by atoms with Crippen molar-refractivity contribution >= 4 is 23.3 Å². The number of carboxylic acids is 1. The van der Waals surface area contributed by atoms with Crippen LogP contribution >= 0.6 is 11.3 Å². The van der Waals surface area contributed by atoms with Gasteiger partial charge in [0.1, 0.15) is 0 Å². The number of thiazole rings is 1. The van der Waals surface area contributed by atoms with E-state index in [9.17, 15) is 9.59 Å². The van der Waals surface area contributed by atoms with E-state index in [0.717, 1.165) is 11.3 Å². The summed E-state index contributed by atoms with van der Waals surface area (Å²) in [6, 6.07) is -0.200. The number of carbonyl (C=O) groups is 2. The molecule has 7 heteroatoms. The molecule has 0 aromatic carbocycles. The fourth-order valence-corrected chi connectivity index (χ4v) is 2.50. The summed E-state index contributed by atoms with van der Waals surface area (Å²) in [5.41, 5.74) is 1.71. The maximum absolute atomic E-state index is 11.9. The molecule has 1 saturated heterocycles. The number of aliphatic carboxylic acids is 1. The zero-order valence-electron chi connectivity index (χ0n) is 9.83. The third kappa shape index (κ3) is 3.19. The Kier molecular flexibility index (Phi) is 4.14. The Balaban J connectivity index is 1.83. The van der Waals surface area contributed by atoms with Crippen molar-refractivity contribution in [2.45, 2.75) is 19.4 Å². The summed E-state index contributed by atoms with van der Waals surface area (Å²) in [5, 5.41) is 11.7. The first-order chi connectivity index (χ1) is 8.66. The van der Waals surface area contributed by atoms with Crippen LogP contribution in [0.2, 0.25) is 0 Å². The van der Waals surface area contributed by atoms with Gasteiger partial charge in [0.2, 0.25) is 0 Å². The smallest absolute Gasteiger partial charge is 0.317 e. The van der Waals surface area contributed by atoms with Crippen molar-refractivity contribution in [1.29, 1.82) is 0 Å². The molecule has 0 spiro atoms. The summed E-state index contributed by atoms with van der Waals surface area (Å²) < 4.78 is 0. The molecule has 0 saturated carbocycles. The van der Waals surface area contributed by atoms with Crippen LogP contribution in [0, 0.1) is 5.92 Å². The minimum absolute atomic E-state index is 0.200. The van der Waals surface area contributed by atoms with E-state index in [1.54, 1.807) is 16.6 Å². The number of hydrogen-bond acceptors (Lipinski definition) is 4. The van der Waals surface area contributed by atoms with Crippen molar-refractivity contribution in [1.82, 2.24) is 15.2 Å². The topological polar surface area (TPSA) is 82.5 Å². The van der Waals surface area contributed by atoms with E-state index in [1.807, 2.05) is 0 Å². The predicted octanol–water partition coefficient (Wildman–Crippen LogP) is 1.15. The van der Waals surface area contributed by atoms with E-state index in [4.69, 9.17) is 5.11 Å². The molecule has 98 valence electrons. The number of likely N-dealkylation sites (tertiary alicyclic amines) is 1. The zero-order chi connectivity index (χ0) is 13.0. The minimum Gasteiger partial charge on any atom is -0.481 e. The summed E-state index contributed by atoms with van der Waals surface area (Å²) in [5.74, 6) is -1.26. The fourth-order valence-electron chi connectivity index (χ4n) is 1.97. The van der Waals surface area contributed by atoms with Gasteiger partial charge in [0, 0.05) is 24.2 Å². The minimum atomic E-state index is -0.824. The highest BCUT2D eigenvalue weighted by Crippen LogP contribution is 2.16. The highest BCUT2D eigenvalue weighted by molar-refractivity contribution is 7.09. The Hall–Kier alpha value is -1.63. The lowest BCUT2D eigenvalue weighted by molar-refractivity contribution is -0.143. The predicted molar refractivity (Wildman–Crippen MR) is 66.3 cm³/mol. The number of urea groups is 1. The summed E-state index contributed by atoms with van der Waals surface area (Å²) in [6.45, 7) is 1.36. The van der Waals surface area contributed by atoms with Crippen molar-refractivity contribution in [2.24, 2.45) is 5.92 Å². The first kappa shape index (κ1) is 12.8. The van der Waals surface area contributed by atoms with Gasteiger partial charge in [0.05, 0.1) is 18.0 Å². The van der Waals surface area contributed by atoms with Gasteiger partial charge >= 0.3 is 12.0 Å². The number of nitrogens with one attached hydrogen (secondary N) is 1. The molecule has 1 aliphatic heterocycles. The zero-order valence-corrected chi connectivity index (χ0v) is 10.7. The molecule has 1 atom stereocenters. The van der Waals surface area contributed by atoms with Gasteiger partial charge in [0.25, 0.3) is 0 Å². The molecule has 0 radical (unpaired) electrons. The molecule has 2 rings (SSSR count). The summed E-state index contributed by atoms with van der Waals surface area (Å²) in [6.07, 6.45) is 3.10. The third-order valence-corrected chi connectivity index (χ3v) is 3.73. The lowest BCUT2D eigenvalue weighted by Crippen LogP contribution is -2.46. The first-order valence-electron chi connectivity index (χ1n) is 5.80. The van der Waals surface area contributed by atoms with E-state index in [-0.39, 0.29) is 6.03 Å².